The number of imidazole rings is 1. The first-order valence-electron chi connectivity index (χ1n) is 5.58. The highest BCUT2D eigenvalue weighted by atomic mass is 35.5. The van der Waals surface area contributed by atoms with Gasteiger partial charge in [0.1, 0.15) is 5.69 Å². The lowest BCUT2D eigenvalue weighted by molar-refractivity contribution is 0.102. The standard InChI is InChI=1S/C12H12Cl2N4O/c13-8-1-2-9(14)10(5-8)17-12(19)11-6-18(4-3-15)7-16-11/h1-2,5-7H,3-4,15H2,(H,17,19). The first-order chi connectivity index (χ1) is 9.10. The summed E-state index contributed by atoms with van der Waals surface area (Å²) in [7, 11) is 0. The maximum Gasteiger partial charge on any atom is 0.275 e. The average Bonchev–Trinajstić information content (AvgIpc) is 2.83. The van der Waals surface area contributed by atoms with Crippen molar-refractivity contribution >= 4 is 34.8 Å². The number of nitrogens with one attached hydrogen (secondary N) is 1. The van der Waals surface area contributed by atoms with Crippen LogP contribution >= 0.6 is 23.2 Å². The minimum absolute atomic E-state index is 0.296. The van der Waals surface area contributed by atoms with Gasteiger partial charge in [-0.2, -0.15) is 0 Å². The van der Waals surface area contributed by atoms with Crippen molar-refractivity contribution < 1.29 is 4.79 Å². The summed E-state index contributed by atoms with van der Waals surface area (Å²) in [6.45, 7) is 1.09. The van der Waals surface area contributed by atoms with Crippen molar-refractivity contribution in [2.45, 2.75) is 6.54 Å². The van der Waals surface area contributed by atoms with Crippen LogP contribution in [0.5, 0.6) is 0 Å². The summed E-state index contributed by atoms with van der Waals surface area (Å²) >= 11 is 11.8. The molecule has 1 heterocycles. The highest BCUT2D eigenvalue weighted by Gasteiger charge is 2.11. The van der Waals surface area contributed by atoms with Gasteiger partial charge in [0.2, 0.25) is 0 Å². The van der Waals surface area contributed by atoms with Crippen molar-refractivity contribution in [1.29, 1.82) is 0 Å². The van der Waals surface area contributed by atoms with Crippen LogP contribution in [0.2, 0.25) is 10.0 Å². The van der Waals surface area contributed by atoms with Gasteiger partial charge in [-0.25, -0.2) is 4.98 Å². The minimum Gasteiger partial charge on any atom is -0.335 e. The van der Waals surface area contributed by atoms with Crippen LogP contribution in [-0.2, 0) is 6.54 Å². The first kappa shape index (κ1) is 13.9. The zero-order chi connectivity index (χ0) is 13.8. The van der Waals surface area contributed by atoms with E-state index >= 15 is 0 Å². The van der Waals surface area contributed by atoms with Gasteiger partial charge in [-0.15, -0.1) is 0 Å². The number of hydrogen-bond donors (Lipinski definition) is 2. The Labute approximate surface area is 120 Å². The maximum absolute atomic E-state index is 12.0. The van der Waals surface area contributed by atoms with Crippen molar-refractivity contribution in [2.75, 3.05) is 11.9 Å². The number of hydrogen-bond acceptors (Lipinski definition) is 3. The normalized spacial score (nSPS) is 10.5. The quantitative estimate of drug-likeness (QED) is 0.910. The Morgan fingerprint density at radius 1 is 1.42 bits per heavy atom. The van der Waals surface area contributed by atoms with E-state index in [9.17, 15) is 4.79 Å². The van der Waals surface area contributed by atoms with Crippen LogP contribution in [0.25, 0.3) is 0 Å². The third-order valence-electron chi connectivity index (χ3n) is 2.43. The number of carbonyl (C=O) groups is 1. The van der Waals surface area contributed by atoms with Crippen LogP contribution in [-0.4, -0.2) is 22.0 Å². The van der Waals surface area contributed by atoms with Gasteiger partial charge in [-0.1, -0.05) is 23.2 Å². The molecule has 0 bridgehead atoms. The van der Waals surface area contributed by atoms with E-state index in [-0.39, 0.29) is 5.91 Å². The zero-order valence-electron chi connectivity index (χ0n) is 9.94. The Hall–Kier alpha value is -1.56. The lowest BCUT2D eigenvalue weighted by Crippen LogP contribution is -2.13. The molecule has 7 heteroatoms. The molecule has 0 spiro atoms. The number of amides is 1. The first-order valence-corrected chi connectivity index (χ1v) is 6.34. The molecule has 0 aliphatic carbocycles. The summed E-state index contributed by atoms with van der Waals surface area (Å²) in [5, 5.41) is 3.57. The highest BCUT2D eigenvalue weighted by Crippen LogP contribution is 2.25. The molecule has 0 saturated carbocycles. The molecular formula is C12H12Cl2N4O. The zero-order valence-corrected chi connectivity index (χ0v) is 11.4. The van der Waals surface area contributed by atoms with Crippen LogP contribution in [0, 0.1) is 0 Å². The maximum atomic E-state index is 12.0. The van der Waals surface area contributed by atoms with Crippen molar-refractivity contribution in [3.05, 3.63) is 46.5 Å². The second kappa shape index (κ2) is 6.06. The SMILES string of the molecule is NCCn1cnc(C(=O)Nc2cc(Cl)ccc2Cl)c1. The molecule has 0 atom stereocenters. The molecule has 0 aliphatic rings. The molecular weight excluding hydrogens is 287 g/mol. The monoisotopic (exact) mass is 298 g/mol. The van der Waals surface area contributed by atoms with Gasteiger partial charge in [0, 0.05) is 24.3 Å². The molecule has 0 aliphatic heterocycles. The Balaban J connectivity index is 2.13. The fraction of sp³-hybridized carbons (Fsp3) is 0.167. The molecule has 2 rings (SSSR count). The van der Waals surface area contributed by atoms with E-state index < -0.39 is 0 Å². The van der Waals surface area contributed by atoms with Crippen molar-refractivity contribution in [3.8, 4) is 0 Å². The largest absolute Gasteiger partial charge is 0.335 e. The predicted octanol–water partition coefficient (Wildman–Crippen LogP) is 2.40. The van der Waals surface area contributed by atoms with Gasteiger partial charge in [0.05, 0.1) is 17.0 Å². The molecule has 2 aromatic rings. The number of aromatic nitrogens is 2. The molecule has 1 aromatic carbocycles. The van der Waals surface area contributed by atoms with Crippen LogP contribution < -0.4 is 11.1 Å². The van der Waals surface area contributed by atoms with Gasteiger partial charge >= 0.3 is 0 Å². The summed E-state index contributed by atoms with van der Waals surface area (Å²) < 4.78 is 1.74. The van der Waals surface area contributed by atoms with Crippen LogP contribution in [0.3, 0.4) is 0 Å². The van der Waals surface area contributed by atoms with E-state index in [4.69, 9.17) is 28.9 Å². The lowest BCUT2D eigenvalue weighted by atomic mass is 10.3. The van der Waals surface area contributed by atoms with Crippen molar-refractivity contribution in [3.63, 3.8) is 0 Å². The number of anilines is 1. The molecule has 1 amide bonds. The van der Waals surface area contributed by atoms with Gasteiger partial charge in [-0.05, 0) is 18.2 Å². The van der Waals surface area contributed by atoms with Crippen LogP contribution in [0.1, 0.15) is 10.5 Å². The second-order valence-electron chi connectivity index (χ2n) is 3.86. The molecule has 0 radical (unpaired) electrons. The Morgan fingerprint density at radius 3 is 2.95 bits per heavy atom. The molecule has 0 fully saturated rings. The average molecular weight is 299 g/mol. The van der Waals surface area contributed by atoms with Crippen molar-refractivity contribution in [1.82, 2.24) is 9.55 Å². The van der Waals surface area contributed by atoms with Crippen LogP contribution in [0.4, 0.5) is 5.69 Å². The predicted molar refractivity (Wildman–Crippen MR) is 75.7 cm³/mol. The number of benzene rings is 1. The second-order valence-corrected chi connectivity index (χ2v) is 4.71. The van der Waals surface area contributed by atoms with E-state index in [2.05, 4.69) is 10.3 Å². The van der Waals surface area contributed by atoms with Gasteiger partial charge in [0.15, 0.2) is 0 Å². The van der Waals surface area contributed by atoms with Gasteiger partial charge < -0.3 is 15.6 Å². The van der Waals surface area contributed by atoms with Gasteiger partial charge in [-0.3, -0.25) is 4.79 Å². The highest BCUT2D eigenvalue weighted by molar-refractivity contribution is 6.35. The molecule has 1 aromatic heterocycles. The third kappa shape index (κ3) is 3.47. The minimum atomic E-state index is -0.347. The summed E-state index contributed by atoms with van der Waals surface area (Å²) in [6.07, 6.45) is 3.18. The number of carbonyl (C=O) groups excluding carboxylic acids is 1. The summed E-state index contributed by atoms with van der Waals surface area (Å²) in [5.41, 5.74) is 6.17. The van der Waals surface area contributed by atoms with Crippen LogP contribution in [0.15, 0.2) is 30.7 Å². The Morgan fingerprint density at radius 2 is 2.21 bits per heavy atom. The number of nitrogens with two attached hydrogens (primary N) is 1. The fourth-order valence-electron chi connectivity index (χ4n) is 1.53. The summed E-state index contributed by atoms with van der Waals surface area (Å²) in [6, 6.07) is 4.85. The molecule has 100 valence electrons. The van der Waals surface area contributed by atoms with E-state index in [1.807, 2.05) is 0 Å². The van der Waals surface area contributed by atoms with E-state index in [1.165, 1.54) is 0 Å². The van der Waals surface area contributed by atoms with Crippen molar-refractivity contribution in [2.24, 2.45) is 5.73 Å². The molecule has 0 saturated heterocycles. The number of rotatable bonds is 4. The smallest absolute Gasteiger partial charge is 0.275 e. The number of halogens is 2. The molecule has 19 heavy (non-hydrogen) atoms. The van der Waals surface area contributed by atoms with Gasteiger partial charge in [0.25, 0.3) is 5.91 Å². The summed E-state index contributed by atoms with van der Waals surface area (Å²) in [5.74, 6) is -0.347. The Kier molecular flexibility index (Phi) is 4.42. The third-order valence-corrected chi connectivity index (χ3v) is 2.99. The topological polar surface area (TPSA) is 72.9 Å². The Bertz CT molecular complexity index is 597. The summed E-state index contributed by atoms with van der Waals surface area (Å²) in [4.78, 5) is 16.0. The fourth-order valence-corrected chi connectivity index (χ4v) is 1.87. The molecule has 3 N–H and O–H groups in total. The lowest BCUT2D eigenvalue weighted by Gasteiger charge is -2.05. The van der Waals surface area contributed by atoms with E-state index in [0.717, 1.165) is 0 Å². The molecule has 0 unspecified atom stereocenters. The number of nitrogens with zero attached hydrogens (tertiary/aromatic N) is 2. The molecule has 5 nitrogen and oxygen atoms in total. The van der Waals surface area contributed by atoms with E-state index in [0.29, 0.717) is 34.5 Å². The van der Waals surface area contributed by atoms with E-state index in [1.54, 1.807) is 35.3 Å².